The number of nitrogens with one attached hydrogen (secondary N) is 1. The molecular weight excluding hydrogens is 454 g/mol. The zero-order chi connectivity index (χ0) is 23.4. The average Bonchev–Trinajstić information content (AvgIpc) is 3.33. The molecule has 1 N–H and O–H groups in total. The summed E-state index contributed by atoms with van der Waals surface area (Å²) in [5.74, 6) is 1.64. The maximum absolute atomic E-state index is 12.8. The second kappa shape index (κ2) is 10.7. The molecule has 5 rings (SSSR count). The Bertz CT molecular complexity index is 1030. The number of nitrogens with zero attached hydrogens (tertiary/aromatic N) is 4. The summed E-state index contributed by atoms with van der Waals surface area (Å²) in [6, 6.07) is 5.82. The van der Waals surface area contributed by atoms with Gasteiger partial charge in [0.25, 0.3) is 0 Å². The molecule has 9 nitrogen and oxygen atoms in total. The Morgan fingerprint density at radius 3 is 2.76 bits per heavy atom. The van der Waals surface area contributed by atoms with Crippen molar-refractivity contribution in [1.82, 2.24) is 24.4 Å². The molecule has 2 aromatic rings. The SMILES string of the molecule is O=S(=O)(CCC1CNC1)N1CCC[C@H](COc2ccc(-c3ccnn3C3CCCCO3)nc2)C1. The van der Waals surface area contributed by atoms with Crippen LogP contribution in [-0.4, -0.2) is 72.6 Å². The highest BCUT2D eigenvalue weighted by Crippen LogP contribution is 2.28. The predicted molar refractivity (Wildman–Crippen MR) is 129 cm³/mol. The van der Waals surface area contributed by atoms with Gasteiger partial charge in [-0.3, -0.25) is 4.98 Å². The monoisotopic (exact) mass is 489 g/mol. The van der Waals surface area contributed by atoms with E-state index in [4.69, 9.17) is 9.47 Å². The number of pyridine rings is 1. The van der Waals surface area contributed by atoms with Crippen LogP contribution in [0.1, 0.15) is 44.8 Å². The summed E-state index contributed by atoms with van der Waals surface area (Å²) < 4.78 is 41.0. The van der Waals surface area contributed by atoms with Gasteiger partial charge in [0.15, 0.2) is 6.23 Å². The first kappa shape index (κ1) is 23.7. The van der Waals surface area contributed by atoms with Crippen molar-refractivity contribution < 1.29 is 17.9 Å². The molecule has 186 valence electrons. The van der Waals surface area contributed by atoms with Crippen molar-refractivity contribution in [3.63, 3.8) is 0 Å². The third-order valence-electron chi connectivity index (χ3n) is 7.11. The van der Waals surface area contributed by atoms with Crippen molar-refractivity contribution in [1.29, 1.82) is 0 Å². The van der Waals surface area contributed by atoms with E-state index >= 15 is 0 Å². The molecule has 3 aliphatic rings. The smallest absolute Gasteiger partial charge is 0.214 e. The predicted octanol–water partition coefficient (Wildman–Crippen LogP) is 2.67. The first-order chi connectivity index (χ1) is 16.6. The highest BCUT2D eigenvalue weighted by atomic mass is 32.2. The maximum Gasteiger partial charge on any atom is 0.214 e. The number of hydrogen-bond donors (Lipinski definition) is 1. The molecule has 0 saturated carbocycles. The lowest BCUT2D eigenvalue weighted by Crippen LogP contribution is -2.45. The third kappa shape index (κ3) is 5.62. The van der Waals surface area contributed by atoms with Crippen LogP contribution in [-0.2, 0) is 14.8 Å². The fourth-order valence-electron chi connectivity index (χ4n) is 4.91. The van der Waals surface area contributed by atoms with Crippen molar-refractivity contribution >= 4 is 10.0 Å². The Morgan fingerprint density at radius 2 is 2.03 bits per heavy atom. The molecule has 2 atom stereocenters. The lowest BCUT2D eigenvalue weighted by Gasteiger charge is -2.33. The Balaban J connectivity index is 1.14. The van der Waals surface area contributed by atoms with Crippen LogP contribution in [0.3, 0.4) is 0 Å². The van der Waals surface area contributed by atoms with Gasteiger partial charge in [-0.25, -0.2) is 17.4 Å². The molecule has 34 heavy (non-hydrogen) atoms. The van der Waals surface area contributed by atoms with Crippen LogP contribution in [0.2, 0.25) is 0 Å². The van der Waals surface area contributed by atoms with E-state index in [1.54, 1.807) is 16.7 Å². The Labute approximate surface area is 201 Å². The summed E-state index contributed by atoms with van der Waals surface area (Å²) in [6.45, 7) is 4.30. The fourth-order valence-corrected chi connectivity index (χ4v) is 6.64. The molecule has 0 bridgehead atoms. The Kier molecular flexibility index (Phi) is 7.48. The van der Waals surface area contributed by atoms with Gasteiger partial charge in [0, 0.05) is 31.8 Å². The van der Waals surface area contributed by atoms with Crippen LogP contribution in [0.25, 0.3) is 11.4 Å². The second-order valence-corrected chi connectivity index (χ2v) is 11.8. The molecule has 0 aromatic carbocycles. The quantitative estimate of drug-likeness (QED) is 0.578. The molecular formula is C24H35N5O4S. The van der Waals surface area contributed by atoms with Gasteiger partial charge in [0.2, 0.25) is 10.0 Å². The van der Waals surface area contributed by atoms with Gasteiger partial charge in [-0.05, 0) is 75.7 Å². The van der Waals surface area contributed by atoms with E-state index in [1.807, 2.05) is 22.9 Å². The number of rotatable bonds is 9. The number of aromatic nitrogens is 3. The summed E-state index contributed by atoms with van der Waals surface area (Å²) in [5, 5.41) is 7.66. The number of sulfonamides is 1. The molecule has 0 spiro atoms. The Morgan fingerprint density at radius 1 is 1.12 bits per heavy atom. The van der Waals surface area contributed by atoms with E-state index in [0.717, 1.165) is 69.6 Å². The highest BCUT2D eigenvalue weighted by Gasteiger charge is 2.30. The lowest BCUT2D eigenvalue weighted by atomic mass is 10.0. The van der Waals surface area contributed by atoms with Crippen molar-refractivity contribution in [2.75, 3.05) is 45.1 Å². The van der Waals surface area contributed by atoms with Crippen LogP contribution >= 0.6 is 0 Å². The maximum atomic E-state index is 12.8. The zero-order valence-corrected chi connectivity index (χ0v) is 20.5. The van der Waals surface area contributed by atoms with Crippen LogP contribution in [0, 0.1) is 11.8 Å². The van der Waals surface area contributed by atoms with Crippen molar-refractivity contribution in [2.45, 2.75) is 44.8 Å². The van der Waals surface area contributed by atoms with E-state index in [9.17, 15) is 8.42 Å². The molecule has 0 radical (unpaired) electrons. The first-order valence-corrected chi connectivity index (χ1v) is 14.1. The third-order valence-corrected chi connectivity index (χ3v) is 8.98. The summed E-state index contributed by atoms with van der Waals surface area (Å²) in [5.41, 5.74) is 1.76. The first-order valence-electron chi connectivity index (χ1n) is 12.5. The topological polar surface area (TPSA) is 98.6 Å². The van der Waals surface area contributed by atoms with E-state index in [1.165, 1.54) is 0 Å². The van der Waals surface area contributed by atoms with Gasteiger partial charge in [0.1, 0.15) is 5.75 Å². The second-order valence-electron chi connectivity index (χ2n) is 9.67. The van der Waals surface area contributed by atoms with Crippen molar-refractivity contribution in [2.24, 2.45) is 11.8 Å². The van der Waals surface area contributed by atoms with Gasteiger partial charge in [-0.1, -0.05) is 0 Å². The normalized spacial score (nSPS) is 24.6. The van der Waals surface area contributed by atoms with Crippen LogP contribution < -0.4 is 10.1 Å². The van der Waals surface area contributed by atoms with E-state index in [-0.39, 0.29) is 17.9 Å². The van der Waals surface area contributed by atoms with Crippen LogP contribution in [0.4, 0.5) is 0 Å². The number of ether oxygens (including phenoxy) is 2. The molecule has 3 aliphatic heterocycles. The summed E-state index contributed by atoms with van der Waals surface area (Å²) in [6.07, 6.45) is 9.28. The minimum absolute atomic E-state index is 0.0348. The van der Waals surface area contributed by atoms with Crippen LogP contribution in [0.5, 0.6) is 5.75 Å². The molecule has 0 aliphatic carbocycles. The largest absolute Gasteiger partial charge is 0.492 e. The number of piperidine rings is 1. The van der Waals surface area contributed by atoms with Gasteiger partial charge >= 0.3 is 0 Å². The summed E-state index contributed by atoms with van der Waals surface area (Å²) >= 11 is 0. The summed E-state index contributed by atoms with van der Waals surface area (Å²) in [4.78, 5) is 4.60. The standard InChI is InChI=1S/C24H35N5O4S/c30-34(31,13-9-19-14-25-15-19)28-11-3-4-20(17-28)18-33-21-6-7-22(26-16-21)23-8-10-27-29(23)24-5-1-2-12-32-24/h6-8,10,16,19-20,24-25H,1-5,9,11-15,17-18H2/t20-,24?/m0/s1. The van der Waals surface area contributed by atoms with Gasteiger partial charge in [-0.2, -0.15) is 5.10 Å². The fraction of sp³-hybridized carbons (Fsp3) is 0.667. The molecule has 5 heterocycles. The van der Waals surface area contributed by atoms with Crippen molar-refractivity contribution in [3.8, 4) is 17.1 Å². The molecule has 0 amide bonds. The molecule has 3 fully saturated rings. The minimum Gasteiger partial charge on any atom is -0.492 e. The lowest BCUT2D eigenvalue weighted by molar-refractivity contribution is -0.0384. The average molecular weight is 490 g/mol. The number of hydrogen-bond acceptors (Lipinski definition) is 7. The van der Waals surface area contributed by atoms with Gasteiger partial charge < -0.3 is 14.8 Å². The molecule has 10 heteroatoms. The van der Waals surface area contributed by atoms with Crippen molar-refractivity contribution in [3.05, 3.63) is 30.6 Å². The van der Waals surface area contributed by atoms with Gasteiger partial charge in [0.05, 0.1) is 29.9 Å². The van der Waals surface area contributed by atoms with E-state index in [0.29, 0.717) is 31.4 Å². The van der Waals surface area contributed by atoms with E-state index < -0.39 is 10.0 Å². The summed E-state index contributed by atoms with van der Waals surface area (Å²) in [7, 11) is -3.20. The van der Waals surface area contributed by atoms with Gasteiger partial charge in [-0.15, -0.1) is 0 Å². The molecule has 1 unspecified atom stereocenters. The molecule has 3 saturated heterocycles. The van der Waals surface area contributed by atoms with E-state index in [2.05, 4.69) is 15.4 Å². The molecule has 2 aromatic heterocycles. The van der Waals surface area contributed by atoms with Crippen LogP contribution in [0.15, 0.2) is 30.6 Å². The zero-order valence-electron chi connectivity index (χ0n) is 19.6. The highest BCUT2D eigenvalue weighted by molar-refractivity contribution is 7.89. The minimum atomic E-state index is -3.20. The Hall–Kier alpha value is -2.01.